The molecule has 0 saturated heterocycles. The van der Waals surface area contributed by atoms with Gasteiger partial charge in [0.05, 0.1) is 12.7 Å². The van der Waals surface area contributed by atoms with E-state index in [-0.39, 0.29) is 17.2 Å². The van der Waals surface area contributed by atoms with Gasteiger partial charge in [-0.2, -0.15) is 0 Å². The molecular weight excluding hydrogens is 214 g/mol. The van der Waals surface area contributed by atoms with Crippen molar-refractivity contribution in [3.63, 3.8) is 0 Å². The SMILES string of the molecule is CC(C)COc1c(F)cc(F)cc1[C@H](C)O. The van der Waals surface area contributed by atoms with Crippen LogP contribution < -0.4 is 4.74 Å². The molecule has 0 unspecified atom stereocenters. The summed E-state index contributed by atoms with van der Waals surface area (Å²) in [6, 6.07) is 1.84. The molecule has 1 rings (SSSR count). The highest BCUT2D eigenvalue weighted by Gasteiger charge is 2.16. The molecule has 1 N–H and O–H groups in total. The number of ether oxygens (including phenoxy) is 1. The van der Waals surface area contributed by atoms with Gasteiger partial charge in [0.1, 0.15) is 5.82 Å². The Morgan fingerprint density at radius 2 is 1.88 bits per heavy atom. The molecule has 1 aromatic rings. The van der Waals surface area contributed by atoms with Gasteiger partial charge in [-0.3, -0.25) is 0 Å². The lowest BCUT2D eigenvalue weighted by Gasteiger charge is -2.15. The molecule has 2 nitrogen and oxygen atoms in total. The second-order valence-corrected chi connectivity index (χ2v) is 4.19. The second kappa shape index (κ2) is 5.25. The maximum Gasteiger partial charge on any atom is 0.168 e. The van der Waals surface area contributed by atoms with Crippen LogP contribution in [0, 0.1) is 17.6 Å². The fourth-order valence-electron chi connectivity index (χ4n) is 1.29. The first-order valence-electron chi connectivity index (χ1n) is 5.21. The molecule has 16 heavy (non-hydrogen) atoms. The predicted octanol–water partition coefficient (Wildman–Crippen LogP) is 3.05. The van der Waals surface area contributed by atoms with Gasteiger partial charge in [0.25, 0.3) is 0 Å². The van der Waals surface area contributed by atoms with Crippen molar-refractivity contribution in [2.45, 2.75) is 26.9 Å². The predicted molar refractivity (Wildman–Crippen MR) is 57.3 cm³/mol. The van der Waals surface area contributed by atoms with Gasteiger partial charge in [-0.15, -0.1) is 0 Å². The number of hydrogen-bond acceptors (Lipinski definition) is 2. The number of aliphatic hydroxyl groups excluding tert-OH is 1. The van der Waals surface area contributed by atoms with Crippen molar-refractivity contribution in [2.24, 2.45) is 5.92 Å². The third-order valence-corrected chi connectivity index (χ3v) is 2.05. The minimum Gasteiger partial charge on any atom is -0.490 e. The topological polar surface area (TPSA) is 29.5 Å². The molecule has 1 aromatic carbocycles. The fraction of sp³-hybridized carbons (Fsp3) is 0.500. The van der Waals surface area contributed by atoms with Gasteiger partial charge in [0, 0.05) is 11.6 Å². The van der Waals surface area contributed by atoms with Crippen molar-refractivity contribution in [3.05, 3.63) is 29.3 Å². The van der Waals surface area contributed by atoms with E-state index in [0.29, 0.717) is 6.61 Å². The summed E-state index contributed by atoms with van der Waals surface area (Å²) < 4.78 is 31.7. The van der Waals surface area contributed by atoms with E-state index in [0.717, 1.165) is 12.1 Å². The molecule has 0 aromatic heterocycles. The van der Waals surface area contributed by atoms with Crippen molar-refractivity contribution in [2.75, 3.05) is 6.61 Å². The average Bonchev–Trinajstić information content (AvgIpc) is 2.14. The van der Waals surface area contributed by atoms with Gasteiger partial charge in [0.15, 0.2) is 11.6 Å². The maximum absolute atomic E-state index is 13.4. The Morgan fingerprint density at radius 1 is 1.25 bits per heavy atom. The Morgan fingerprint density at radius 3 is 2.38 bits per heavy atom. The van der Waals surface area contributed by atoms with Gasteiger partial charge in [0.2, 0.25) is 0 Å². The number of halogens is 2. The molecule has 0 aliphatic carbocycles. The first-order chi connectivity index (χ1) is 7.41. The summed E-state index contributed by atoms with van der Waals surface area (Å²) in [5, 5.41) is 9.41. The molecule has 0 amide bonds. The summed E-state index contributed by atoms with van der Waals surface area (Å²) in [6.45, 7) is 5.60. The molecule has 0 bridgehead atoms. The maximum atomic E-state index is 13.4. The molecular formula is C12H16F2O2. The molecule has 1 atom stereocenters. The van der Waals surface area contributed by atoms with Gasteiger partial charge in [-0.25, -0.2) is 8.78 Å². The highest BCUT2D eigenvalue weighted by atomic mass is 19.1. The minimum absolute atomic E-state index is 0.0647. The highest BCUT2D eigenvalue weighted by Crippen LogP contribution is 2.29. The standard InChI is InChI=1S/C12H16F2O2/c1-7(2)6-16-12-10(8(3)15)4-9(13)5-11(12)14/h4-5,7-8,15H,6H2,1-3H3/t8-/m0/s1. The summed E-state index contributed by atoms with van der Waals surface area (Å²) in [4.78, 5) is 0. The van der Waals surface area contributed by atoms with E-state index in [4.69, 9.17) is 4.74 Å². The van der Waals surface area contributed by atoms with Crippen molar-refractivity contribution < 1.29 is 18.6 Å². The monoisotopic (exact) mass is 230 g/mol. The molecule has 0 fully saturated rings. The Labute approximate surface area is 93.9 Å². The summed E-state index contributed by atoms with van der Waals surface area (Å²) in [5.74, 6) is -1.33. The number of aliphatic hydroxyl groups is 1. The summed E-state index contributed by atoms with van der Waals surface area (Å²) >= 11 is 0. The van der Waals surface area contributed by atoms with E-state index in [9.17, 15) is 13.9 Å². The van der Waals surface area contributed by atoms with Crippen LogP contribution in [0.4, 0.5) is 8.78 Å². The normalized spacial score (nSPS) is 12.9. The lowest BCUT2D eigenvalue weighted by molar-refractivity contribution is 0.184. The molecule has 0 spiro atoms. The van der Waals surface area contributed by atoms with Crippen molar-refractivity contribution in [3.8, 4) is 5.75 Å². The molecule has 0 aliphatic rings. The molecule has 4 heteroatoms. The lowest BCUT2D eigenvalue weighted by Crippen LogP contribution is -2.09. The Balaban J connectivity index is 3.04. The van der Waals surface area contributed by atoms with Crippen LogP contribution in [0.5, 0.6) is 5.75 Å². The Bertz CT molecular complexity index is 362. The van der Waals surface area contributed by atoms with E-state index in [1.807, 2.05) is 13.8 Å². The highest BCUT2D eigenvalue weighted by molar-refractivity contribution is 5.37. The quantitative estimate of drug-likeness (QED) is 0.861. The Kier molecular flexibility index (Phi) is 4.24. The van der Waals surface area contributed by atoms with Crippen molar-refractivity contribution in [1.29, 1.82) is 0 Å². The summed E-state index contributed by atoms with van der Waals surface area (Å²) in [6.07, 6.45) is -0.965. The third kappa shape index (κ3) is 3.17. The third-order valence-electron chi connectivity index (χ3n) is 2.05. The molecule has 0 heterocycles. The molecule has 0 radical (unpaired) electrons. The van der Waals surface area contributed by atoms with Gasteiger partial charge >= 0.3 is 0 Å². The van der Waals surface area contributed by atoms with Gasteiger partial charge in [-0.1, -0.05) is 13.8 Å². The van der Waals surface area contributed by atoms with Crippen molar-refractivity contribution >= 4 is 0 Å². The number of rotatable bonds is 4. The second-order valence-electron chi connectivity index (χ2n) is 4.19. The van der Waals surface area contributed by atoms with E-state index >= 15 is 0 Å². The molecule has 0 saturated carbocycles. The van der Waals surface area contributed by atoms with E-state index < -0.39 is 17.7 Å². The summed E-state index contributed by atoms with van der Waals surface area (Å²) in [5.41, 5.74) is 0.137. The van der Waals surface area contributed by atoms with E-state index in [1.165, 1.54) is 6.92 Å². The first-order valence-corrected chi connectivity index (χ1v) is 5.21. The number of hydrogen-bond donors (Lipinski definition) is 1. The van der Waals surface area contributed by atoms with Crippen LogP contribution in [0.3, 0.4) is 0 Å². The van der Waals surface area contributed by atoms with Crippen LogP contribution >= 0.6 is 0 Å². The first kappa shape index (κ1) is 12.9. The van der Waals surface area contributed by atoms with Crippen LogP contribution in [0.2, 0.25) is 0 Å². The van der Waals surface area contributed by atoms with E-state index in [2.05, 4.69) is 0 Å². The lowest BCUT2D eigenvalue weighted by atomic mass is 10.1. The Hall–Kier alpha value is -1.16. The average molecular weight is 230 g/mol. The molecule has 90 valence electrons. The van der Waals surface area contributed by atoms with Gasteiger partial charge < -0.3 is 9.84 Å². The van der Waals surface area contributed by atoms with Crippen molar-refractivity contribution in [1.82, 2.24) is 0 Å². The van der Waals surface area contributed by atoms with Crippen LogP contribution in [0.25, 0.3) is 0 Å². The summed E-state index contributed by atoms with van der Waals surface area (Å²) in [7, 11) is 0. The zero-order valence-corrected chi connectivity index (χ0v) is 9.63. The minimum atomic E-state index is -0.965. The van der Waals surface area contributed by atoms with Crippen LogP contribution in [0.1, 0.15) is 32.4 Å². The van der Waals surface area contributed by atoms with Gasteiger partial charge in [-0.05, 0) is 18.9 Å². The van der Waals surface area contributed by atoms with Crippen LogP contribution in [-0.4, -0.2) is 11.7 Å². The molecule has 0 aliphatic heterocycles. The van der Waals surface area contributed by atoms with Crippen LogP contribution in [-0.2, 0) is 0 Å². The fourth-order valence-corrected chi connectivity index (χ4v) is 1.29. The van der Waals surface area contributed by atoms with Crippen LogP contribution in [0.15, 0.2) is 12.1 Å². The zero-order chi connectivity index (χ0) is 12.3. The smallest absolute Gasteiger partial charge is 0.168 e. The zero-order valence-electron chi connectivity index (χ0n) is 9.63. The largest absolute Gasteiger partial charge is 0.490 e. The number of benzene rings is 1. The van der Waals surface area contributed by atoms with E-state index in [1.54, 1.807) is 0 Å².